The molecule has 1 heterocycles. The van der Waals surface area contributed by atoms with Crippen LogP contribution in [0.3, 0.4) is 0 Å². The van der Waals surface area contributed by atoms with E-state index in [1.54, 1.807) is 0 Å². The lowest BCUT2D eigenvalue weighted by Crippen LogP contribution is -2.10. The molecule has 0 amide bonds. The average molecular weight is 475 g/mol. The van der Waals surface area contributed by atoms with Crippen LogP contribution in [0.1, 0.15) is 0 Å². The first kappa shape index (κ1) is 21.5. The van der Waals surface area contributed by atoms with Gasteiger partial charge in [0.1, 0.15) is 0 Å². The van der Waals surface area contributed by atoms with Gasteiger partial charge in [-0.05, 0) is 64.4 Å². The third-order valence-corrected chi connectivity index (χ3v) is 7.37. The second kappa shape index (κ2) is 8.69. The lowest BCUT2D eigenvalue weighted by molar-refractivity contribution is 1.01. The summed E-state index contributed by atoms with van der Waals surface area (Å²) in [6.07, 6.45) is 0. The van der Waals surface area contributed by atoms with E-state index >= 15 is 0 Å². The van der Waals surface area contributed by atoms with Crippen molar-refractivity contribution in [1.82, 2.24) is 4.57 Å². The molecular formula is C35H26N2. The maximum absolute atomic E-state index is 2.40. The van der Waals surface area contributed by atoms with Crippen molar-refractivity contribution < 1.29 is 0 Å². The quantitative estimate of drug-likeness (QED) is 0.246. The maximum atomic E-state index is 2.40. The normalized spacial score (nSPS) is 11.4. The minimum absolute atomic E-state index is 1.14. The molecule has 6 aromatic carbocycles. The topological polar surface area (TPSA) is 8.17 Å². The van der Waals surface area contributed by atoms with Gasteiger partial charge in [0.2, 0.25) is 0 Å². The van der Waals surface area contributed by atoms with Gasteiger partial charge in [-0.3, -0.25) is 0 Å². The van der Waals surface area contributed by atoms with Crippen molar-refractivity contribution >= 4 is 49.6 Å². The van der Waals surface area contributed by atoms with E-state index in [0.29, 0.717) is 0 Å². The monoisotopic (exact) mass is 474 g/mol. The molecule has 0 radical (unpaired) electrons. The Hall–Kier alpha value is -4.82. The van der Waals surface area contributed by atoms with Crippen LogP contribution in [0.25, 0.3) is 43.7 Å². The van der Waals surface area contributed by atoms with Crippen molar-refractivity contribution in [3.8, 4) is 11.1 Å². The molecule has 0 unspecified atom stereocenters. The molecule has 2 nitrogen and oxygen atoms in total. The van der Waals surface area contributed by atoms with Crippen molar-refractivity contribution in [2.45, 2.75) is 0 Å². The van der Waals surface area contributed by atoms with Gasteiger partial charge in [0, 0.05) is 34.7 Å². The minimum atomic E-state index is 1.14. The largest absolute Gasteiger partial charge is 0.344 e. The highest BCUT2D eigenvalue weighted by molar-refractivity contribution is 6.24. The van der Waals surface area contributed by atoms with Crippen LogP contribution in [0.5, 0.6) is 0 Å². The molecule has 0 N–H and O–H groups in total. The molecule has 2 heteroatoms. The summed E-state index contributed by atoms with van der Waals surface area (Å²) in [6, 6.07) is 50.0. The molecule has 0 spiro atoms. The molecule has 0 saturated heterocycles. The number of rotatable bonds is 4. The summed E-state index contributed by atoms with van der Waals surface area (Å²) in [7, 11) is 2.17. The summed E-state index contributed by atoms with van der Waals surface area (Å²) in [5.41, 5.74) is 8.34. The van der Waals surface area contributed by atoms with E-state index in [9.17, 15) is 0 Å². The first-order valence-electron chi connectivity index (χ1n) is 12.7. The molecule has 0 fully saturated rings. The van der Waals surface area contributed by atoms with Crippen LogP contribution in [0.4, 0.5) is 17.1 Å². The second-order valence-corrected chi connectivity index (χ2v) is 9.50. The second-order valence-electron chi connectivity index (χ2n) is 9.50. The lowest BCUT2D eigenvalue weighted by atomic mass is 10.0. The van der Waals surface area contributed by atoms with E-state index in [0.717, 1.165) is 11.4 Å². The lowest BCUT2D eigenvalue weighted by Gasteiger charge is -2.27. The first-order valence-corrected chi connectivity index (χ1v) is 12.7. The first-order chi connectivity index (χ1) is 18.3. The van der Waals surface area contributed by atoms with Gasteiger partial charge in [0.15, 0.2) is 0 Å². The van der Waals surface area contributed by atoms with Gasteiger partial charge in [-0.2, -0.15) is 0 Å². The van der Waals surface area contributed by atoms with Crippen LogP contribution < -0.4 is 4.90 Å². The van der Waals surface area contributed by atoms with Crippen LogP contribution in [0, 0.1) is 0 Å². The number of hydrogen-bond donors (Lipinski definition) is 0. The predicted octanol–water partition coefficient (Wildman–Crippen LogP) is 9.62. The maximum Gasteiger partial charge on any atom is 0.0562 e. The number of aromatic nitrogens is 1. The van der Waals surface area contributed by atoms with Gasteiger partial charge in [0.05, 0.1) is 11.2 Å². The van der Waals surface area contributed by atoms with Crippen LogP contribution in [0.2, 0.25) is 0 Å². The Bertz CT molecular complexity index is 1880. The third kappa shape index (κ3) is 3.49. The van der Waals surface area contributed by atoms with Gasteiger partial charge >= 0.3 is 0 Å². The Balaban J connectivity index is 1.56. The summed E-state index contributed by atoms with van der Waals surface area (Å²) >= 11 is 0. The Kier molecular flexibility index (Phi) is 5.04. The van der Waals surface area contributed by atoms with Gasteiger partial charge in [-0.1, -0.05) is 97.1 Å². The van der Waals surface area contributed by atoms with Crippen LogP contribution in [-0.2, 0) is 7.05 Å². The summed E-state index contributed by atoms with van der Waals surface area (Å²) in [5.74, 6) is 0. The number of benzene rings is 6. The molecule has 0 bridgehead atoms. The van der Waals surface area contributed by atoms with E-state index in [2.05, 4.69) is 156 Å². The van der Waals surface area contributed by atoms with Gasteiger partial charge in [0.25, 0.3) is 0 Å². The zero-order valence-corrected chi connectivity index (χ0v) is 20.7. The highest BCUT2D eigenvalue weighted by Gasteiger charge is 2.20. The minimum Gasteiger partial charge on any atom is -0.344 e. The van der Waals surface area contributed by atoms with Crippen LogP contribution in [0.15, 0.2) is 140 Å². The van der Waals surface area contributed by atoms with Gasteiger partial charge in [-0.25, -0.2) is 0 Å². The number of nitrogens with zero attached hydrogens (tertiary/aromatic N) is 2. The van der Waals surface area contributed by atoms with Crippen molar-refractivity contribution in [1.29, 1.82) is 0 Å². The smallest absolute Gasteiger partial charge is 0.0562 e. The molecule has 0 aliphatic carbocycles. The van der Waals surface area contributed by atoms with E-state index in [1.165, 1.54) is 49.4 Å². The SMILES string of the molecule is Cn1c2cccc(N(c3ccccc3)c3cccc(-c4ccccc4)c3)c2c2c3ccccc3ccc21. The summed E-state index contributed by atoms with van der Waals surface area (Å²) in [5, 5.41) is 5.11. The number of aryl methyl sites for hydroxylation is 1. The number of anilines is 3. The number of para-hydroxylation sites is 1. The molecule has 7 rings (SSSR count). The van der Waals surface area contributed by atoms with E-state index in [-0.39, 0.29) is 0 Å². The highest BCUT2D eigenvalue weighted by atomic mass is 15.1. The molecule has 0 atom stereocenters. The third-order valence-electron chi connectivity index (χ3n) is 7.37. The standard InChI is InChI=1S/C35H26N2/c1-36-31-20-11-21-33(35(31)34-30-19-9-8-14-26(30)22-23-32(34)36)37(28-16-6-3-7-17-28)29-18-10-15-27(24-29)25-12-4-2-5-13-25/h2-24H,1H3. The predicted molar refractivity (Wildman–Crippen MR) is 158 cm³/mol. The average Bonchev–Trinajstić information content (AvgIpc) is 3.27. The fraction of sp³-hybridized carbons (Fsp3) is 0.0286. The van der Waals surface area contributed by atoms with E-state index in [4.69, 9.17) is 0 Å². The molecule has 1 aromatic heterocycles. The fourth-order valence-corrected chi connectivity index (χ4v) is 5.64. The van der Waals surface area contributed by atoms with Crippen LogP contribution >= 0.6 is 0 Å². The summed E-state index contributed by atoms with van der Waals surface area (Å²) in [4.78, 5) is 2.40. The van der Waals surface area contributed by atoms with E-state index < -0.39 is 0 Å². The Labute approximate surface area is 216 Å². The van der Waals surface area contributed by atoms with Crippen molar-refractivity contribution in [3.63, 3.8) is 0 Å². The zero-order chi connectivity index (χ0) is 24.8. The number of fused-ring (bicyclic) bond motifs is 5. The molecular weight excluding hydrogens is 448 g/mol. The molecule has 176 valence electrons. The molecule has 0 aliphatic rings. The van der Waals surface area contributed by atoms with Crippen molar-refractivity contribution in [3.05, 3.63) is 140 Å². The van der Waals surface area contributed by atoms with Crippen LogP contribution in [-0.4, -0.2) is 4.57 Å². The number of hydrogen-bond acceptors (Lipinski definition) is 1. The van der Waals surface area contributed by atoms with E-state index in [1.807, 2.05) is 0 Å². The molecule has 0 aliphatic heterocycles. The van der Waals surface area contributed by atoms with Gasteiger partial charge in [-0.15, -0.1) is 0 Å². The Morgan fingerprint density at radius 3 is 1.97 bits per heavy atom. The Morgan fingerprint density at radius 1 is 0.486 bits per heavy atom. The summed E-state index contributed by atoms with van der Waals surface area (Å²) in [6.45, 7) is 0. The Morgan fingerprint density at radius 2 is 1.14 bits per heavy atom. The zero-order valence-electron chi connectivity index (χ0n) is 20.7. The molecule has 0 saturated carbocycles. The fourth-order valence-electron chi connectivity index (χ4n) is 5.64. The van der Waals surface area contributed by atoms with Crippen molar-refractivity contribution in [2.75, 3.05) is 4.90 Å². The van der Waals surface area contributed by atoms with Gasteiger partial charge < -0.3 is 9.47 Å². The summed E-state index contributed by atoms with van der Waals surface area (Å²) < 4.78 is 2.32. The molecule has 7 aromatic rings. The van der Waals surface area contributed by atoms with Crippen molar-refractivity contribution in [2.24, 2.45) is 7.05 Å². The molecule has 37 heavy (non-hydrogen) atoms. The highest BCUT2D eigenvalue weighted by Crippen LogP contribution is 2.44.